The molecule has 2 rings (SSSR count). The van der Waals surface area contributed by atoms with Crippen LogP contribution in [0.2, 0.25) is 10.0 Å². The molecule has 0 aliphatic carbocycles. The number of likely N-dealkylation sites (N-methyl/N-ethyl adjacent to an activating group) is 1. The van der Waals surface area contributed by atoms with Crippen LogP contribution in [0.1, 0.15) is 0 Å². The average Bonchev–Trinajstić information content (AvgIpc) is 2.33. The lowest BCUT2D eigenvalue weighted by Crippen LogP contribution is -2.46. The molecule has 0 amide bonds. The number of benzene rings is 1. The number of hydrogen-bond acceptors (Lipinski definition) is 3. The fourth-order valence-corrected chi connectivity index (χ4v) is 2.42. The van der Waals surface area contributed by atoms with Crippen molar-refractivity contribution < 1.29 is 4.74 Å². The molecule has 1 N–H and O–H groups in total. The monoisotopic (exact) mass is 274 g/mol. The van der Waals surface area contributed by atoms with Crippen molar-refractivity contribution in [3.05, 3.63) is 28.2 Å². The van der Waals surface area contributed by atoms with Crippen molar-refractivity contribution in [1.29, 1.82) is 0 Å². The fraction of sp³-hybridized carbons (Fsp3) is 0.500. The Balaban J connectivity index is 2.13. The third-order valence-electron chi connectivity index (χ3n) is 2.82. The van der Waals surface area contributed by atoms with Gasteiger partial charge in [0, 0.05) is 24.7 Å². The summed E-state index contributed by atoms with van der Waals surface area (Å²) in [7, 11) is 1.93. The summed E-state index contributed by atoms with van der Waals surface area (Å²) in [5.74, 6) is 0. The van der Waals surface area contributed by atoms with Crippen LogP contribution in [-0.2, 0) is 4.74 Å². The van der Waals surface area contributed by atoms with Gasteiger partial charge in [-0.2, -0.15) is 0 Å². The molecule has 1 fully saturated rings. The summed E-state index contributed by atoms with van der Waals surface area (Å²) in [4.78, 5) is 2.22. The van der Waals surface area contributed by atoms with Gasteiger partial charge in [0.05, 0.1) is 23.4 Å². The molecule has 0 bridgehead atoms. The van der Waals surface area contributed by atoms with Gasteiger partial charge in [0.2, 0.25) is 0 Å². The first kappa shape index (κ1) is 13.0. The van der Waals surface area contributed by atoms with Crippen LogP contribution in [0.5, 0.6) is 0 Å². The van der Waals surface area contributed by atoms with E-state index in [1.165, 1.54) is 0 Å². The molecule has 0 spiro atoms. The number of ether oxygens (including phenoxy) is 1. The van der Waals surface area contributed by atoms with Gasteiger partial charge < -0.3 is 15.0 Å². The Kier molecular flexibility index (Phi) is 4.51. The maximum absolute atomic E-state index is 6.20. The van der Waals surface area contributed by atoms with E-state index in [1.54, 1.807) is 6.07 Å². The Morgan fingerprint density at radius 2 is 2.29 bits per heavy atom. The van der Waals surface area contributed by atoms with Gasteiger partial charge in [0.15, 0.2) is 0 Å². The van der Waals surface area contributed by atoms with E-state index in [0.717, 1.165) is 37.0 Å². The lowest BCUT2D eigenvalue weighted by molar-refractivity contribution is 0.0422. The molecule has 1 heterocycles. The van der Waals surface area contributed by atoms with E-state index < -0.39 is 0 Å². The molecule has 17 heavy (non-hydrogen) atoms. The van der Waals surface area contributed by atoms with Crippen molar-refractivity contribution in [2.24, 2.45) is 0 Å². The zero-order valence-electron chi connectivity index (χ0n) is 9.75. The van der Waals surface area contributed by atoms with Gasteiger partial charge in [-0.1, -0.05) is 23.2 Å². The van der Waals surface area contributed by atoms with Crippen LogP contribution in [0.4, 0.5) is 5.69 Å². The number of nitrogens with one attached hydrogen (secondary N) is 1. The molecular weight excluding hydrogens is 259 g/mol. The van der Waals surface area contributed by atoms with E-state index in [0.29, 0.717) is 5.02 Å². The topological polar surface area (TPSA) is 24.5 Å². The first-order chi connectivity index (χ1) is 8.20. The highest BCUT2D eigenvalue weighted by Gasteiger charge is 2.21. The summed E-state index contributed by atoms with van der Waals surface area (Å²) < 4.78 is 5.66. The Hall–Kier alpha value is -0.480. The molecule has 1 unspecified atom stereocenters. The Morgan fingerprint density at radius 1 is 1.47 bits per heavy atom. The molecule has 5 heteroatoms. The van der Waals surface area contributed by atoms with Gasteiger partial charge in [0.1, 0.15) is 0 Å². The van der Waals surface area contributed by atoms with Gasteiger partial charge >= 0.3 is 0 Å². The van der Waals surface area contributed by atoms with Crippen molar-refractivity contribution in [3.63, 3.8) is 0 Å². The van der Waals surface area contributed by atoms with Crippen molar-refractivity contribution in [2.45, 2.75) is 6.10 Å². The highest BCUT2D eigenvalue weighted by atomic mass is 35.5. The van der Waals surface area contributed by atoms with Crippen molar-refractivity contribution in [3.8, 4) is 0 Å². The van der Waals surface area contributed by atoms with Crippen LogP contribution in [0, 0.1) is 0 Å². The van der Waals surface area contributed by atoms with E-state index in [2.05, 4.69) is 10.2 Å². The zero-order chi connectivity index (χ0) is 12.3. The molecule has 1 aromatic carbocycles. The van der Waals surface area contributed by atoms with E-state index in [-0.39, 0.29) is 6.10 Å². The van der Waals surface area contributed by atoms with Crippen LogP contribution in [0.25, 0.3) is 0 Å². The van der Waals surface area contributed by atoms with Crippen LogP contribution in [0.15, 0.2) is 18.2 Å². The minimum atomic E-state index is 0.198. The smallest absolute Gasteiger partial charge is 0.0874 e. The third kappa shape index (κ3) is 3.26. The SMILES string of the molecule is CNCC1CN(c2cc(Cl)ccc2Cl)CCO1. The standard InChI is InChI=1S/C12H16Cl2N2O/c1-15-7-10-8-16(4-5-17-10)12-6-9(13)2-3-11(12)14/h2-3,6,10,15H,4-5,7-8H2,1H3. The minimum Gasteiger partial charge on any atom is -0.373 e. The van der Waals surface area contributed by atoms with Gasteiger partial charge in [-0.3, -0.25) is 0 Å². The molecule has 0 aromatic heterocycles. The normalized spacial score (nSPS) is 20.6. The van der Waals surface area contributed by atoms with Crippen LogP contribution >= 0.6 is 23.2 Å². The summed E-state index contributed by atoms with van der Waals surface area (Å²) in [5, 5.41) is 4.57. The van der Waals surface area contributed by atoms with E-state index in [9.17, 15) is 0 Å². The summed E-state index contributed by atoms with van der Waals surface area (Å²) in [6, 6.07) is 5.55. The van der Waals surface area contributed by atoms with Crippen LogP contribution < -0.4 is 10.2 Å². The fourth-order valence-electron chi connectivity index (χ4n) is 2.02. The summed E-state index contributed by atoms with van der Waals surface area (Å²) in [6.45, 7) is 3.24. The maximum atomic E-state index is 6.20. The Bertz CT molecular complexity index is 385. The third-order valence-corrected chi connectivity index (χ3v) is 3.37. The Labute approximate surface area is 112 Å². The number of rotatable bonds is 3. The number of halogens is 2. The van der Waals surface area contributed by atoms with Gasteiger partial charge in [-0.25, -0.2) is 0 Å². The molecule has 0 radical (unpaired) electrons. The summed E-state index contributed by atoms with van der Waals surface area (Å²) >= 11 is 12.2. The maximum Gasteiger partial charge on any atom is 0.0874 e. The lowest BCUT2D eigenvalue weighted by Gasteiger charge is -2.35. The number of morpholine rings is 1. The average molecular weight is 275 g/mol. The molecule has 3 nitrogen and oxygen atoms in total. The number of anilines is 1. The first-order valence-electron chi connectivity index (χ1n) is 5.67. The van der Waals surface area contributed by atoms with Crippen LogP contribution in [-0.4, -0.2) is 39.4 Å². The quantitative estimate of drug-likeness (QED) is 0.916. The van der Waals surface area contributed by atoms with E-state index in [1.807, 2.05) is 19.2 Å². The van der Waals surface area contributed by atoms with E-state index >= 15 is 0 Å². The largest absolute Gasteiger partial charge is 0.373 e. The number of hydrogen-bond donors (Lipinski definition) is 1. The second-order valence-corrected chi connectivity index (χ2v) is 4.94. The second kappa shape index (κ2) is 5.91. The van der Waals surface area contributed by atoms with Crippen molar-refractivity contribution >= 4 is 28.9 Å². The van der Waals surface area contributed by atoms with Crippen molar-refractivity contribution in [1.82, 2.24) is 5.32 Å². The van der Waals surface area contributed by atoms with Gasteiger partial charge in [0.25, 0.3) is 0 Å². The highest BCUT2D eigenvalue weighted by Crippen LogP contribution is 2.30. The van der Waals surface area contributed by atoms with Gasteiger partial charge in [-0.15, -0.1) is 0 Å². The minimum absolute atomic E-state index is 0.198. The molecule has 1 aromatic rings. The van der Waals surface area contributed by atoms with E-state index in [4.69, 9.17) is 27.9 Å². The van der Waals surface area contributed by atoms with Gasteiger partial charge in [-0.05, 0) is 25.2 Å². The molecular formula is C12H16Cl2N2O. The molecule has 1 atom stereocenters. The zero-order valence-corrected chi connectivity index (χ0v) is 11.3. The highest BCUT2D eigenvalue weighted by molar-refractivity contribution is 6.35. The summed E-state index contributed by atoms with van der Waals surface area (Å²) in [6.07, 6.45) is 0.198. The number of nitrogens with zero attached hydrogens (tertiary/aromatic N) is 1. The predicted octanol–water partition coefficient (Wildman–Crippen LogP) is 2.42. The molecule has 1 saturated heterocycles. The predicted molar refractivity (Wildman–Crippen MR) is 72.3 cm³/mol. The molecule has 1 aliphatic rings. The first-order valence-corrected chi connectivity index (χ1v) is 6.42. The molecule has 94 valence electrons. The van der Waals surface area contributed by atoms with Crippen LogP contribution in [0.3, 0.4) is 0 Å². The lowest BCUT2D eigenvalue weighted by atomic mass is 10.2. The summed E-state index contributed by atoms with van der Waals surface area (Å²) in [5.41, 5.74) is 0.989. The Morgan fingerprint density at radius 3 is 3.06 bits per heavy atom. The molecule has 0 saturated carbocycles. The molecule has 1 aliphatic heterocycles. The second-order valence-electron chi connectivity index (χ2n) is 4.09. The van der Waals surface area contributed by atoms with Crippen molar-refractivity contribution in [2.75, 3.05) is 38.2 Å².